The van der Waals surface area contributed by atoms with Crippen molar-refractivity contribution in [2.24, 2.45) is 0 Å². The van der Waals surface area contributed by atoms with Gasteiger partial charge in [0.2, 0.25) is 15.9 Å². The van der Waals surface area contributed by atoms with Crippen molar-refractivity contribution in [2.75, 3.05) is 39.6 Å². The van der Waals surface area contributed by atoms with Crippen molar-refractivity contribution in [3.8, 4) is 0 Å². The van der Waals surface area contributed by atoms with Crippen LogP contribution in [0.4, 0.5) is 4.39 Å². The van der Waals surface area contributed by atoms with Crippen LogP contribution in [0.15, 0.2) is 24.3 Å². The number of nitrogens with zero attached hydrogens (tertiary/aromatic N) is 1. The number of hydrogen-bond donors (Lipinski definition) is 1. The number of rotatable bonds is 10. The minimum atomic E-state index is -3.38. The Labute approximate surface area is 136 Å². The highest BCUT2D eigenvalue weighted by atomic mass is 32.2. The van der Waals surface area contributed by atoms with E-state index in [0.717, 1.165) is 6.26 Å². The topological polar surface area (TPSA) is 75.7 Å². The first-order valence-electron chi connectivity index (χ1n) is 7.28. The van der Waals surface area contributed by atoms with Crippen LogP contribution in [0.1, 0.15) is 12.0 Å². The fourth-order valence-corrected chi connectivity index (χ4v) is 2.82. The fourth-order valence-electron chi connectivity index (χ4n) is 1.99. The Kier molecular flexibility index (Phi) is 8.15. The summed E-state index contributed by atoms with van der Waals surface area (Å²) < 4.78 is 42.6. The van der Waals surface area contributed by atoms with E-state index in [2.05, 4.69) is 5.32 Å². The van der Waals surface area contributed by atoms with E-state index in [1.54, 1.807) is 18.2 Å². The lowest BCUT2D eigenvalue weighted by Crippen LogP contribution is -2.37. The molecule has 1 amide bonds. The van der Waals surface area contributed by atoms with Crippen LogP contribution >= 0.6 is 0 Å². The molecule has 6 nitrogen and oxygen atoms in total. The predicted molar refractivity (Wildman–Crippen MR) is 86.0 cm³/mol. The van der Waals surface area contributed by atoms with Gasteiger partial charge in [-0.1, -0.05) is 18.2 Å². The molecule has 0 aliphatic rings. The predicted octanol–water partition coefficient (Wildman–Crippen LogP) is 0.783. The number of sulfonamides is 1. The third-order valence-electron chi connectivity index (χ3n) is 3.28. The van der Waals surface area contributed by atoms with Gasteiger partial charge in [-0.05, 0) is 18.1 Å². The summed E-state index contributed by atoms with van der Waals surface area (Å²) in [6, 6.07) is 6.38. The zero-order valence-corrected chi connectivity index (χ0v) is 14.2. The molecule has 0 atom stereocenters. The van der Waals surface area contributed by atoms with Crippen LogP contribution in [-0.4, -0.2) is 58.2 Å². The first-order chi connectivity index (χ1) is 10.8. The maximum absolute atomic E-state index is 13.4. The monoisotopic (exact) mass is 346 g/mol. The summed E-state index contributed by atoms with van der Waals surface area (Å²) in [7, 11) is -1.90. The number of hydrogen-bond acceptors (Lipinski definition) is 4. The molecule has 130 valence electrons. The molecule has 1 aromatic rings. The van der Waals surface area contributed by atoms with Crippen LogP contribution in [0.2, 0.25) is 0 Å². The van der Waals surface area contributed by atoms with Crippen LogP contribution in [-0.2, 0) is 26.0 Å². The van der Waals surface area contributed by atoms with Crippen molar-refractivity contribution in [1.82, 2.24) is 9.62 Å². The number of carbonyl (C=O) groups excluding carboxylic acids is 1. The van der Waals surface area contributed by atoms with Crippen molar-refractivity contribution in [2.45, 2.75) is 12.8 Å². The van der Waals surface area contributed by atoms with Crippen molar-refractivity contribution in [3.63, 3.8) is 0 Å². The van der Waals surface area contributed by atoms with E-state index in [1.165, 1.54) is 17.5 Å². The van der Waals surface area contributed by atoms with E-state index in [0.29, 0.717) is 18.5 Å². The highest BCUT2D eigenvalue weighted by Gasteiger charge is 2.17. The molecular formula is C15H23FN2O4S. The van der Waals surface area contributed by atoms with E-state index in [1.807, 2.05) is 0 Å². The van der Waals surface area contributed by atoms with E-state index in [9.17, 15) is 17.6 Å². The van der Waals surface area contributed by atoms with Gasteiger partial charge in [0.25, 0.3) is 0 Å². The second kappa shape index (κ2) is 9.59. The first kappa shape index (κ1) is 19.5. The zero-order valence-electron chi connectivity index (χ0n) is 13.4. The number of amides is 1. The minimum absolute atomic E-state index is 0.0497. The van der Waals surface area contributed by atoms with Crippen molar-refractivity contribution in [1.29, 1.82) is 0 Å². The van der Waals surface area contributed by atoms with E-state index < -0.39 is 10.0 Å². The van der Waals surface area contributed by atoms with Crippen LogP contribution in [0.5, 0.6) is 0 Å². The van der Waals surface area contributed by atoms with Crippen LogP contribution < -0.4 is 5.32 Å². The molecule has 1 rings (SSSR count). The molecule has 8 heteroatoms. The molecule has 0 spiro atoms. The Morgan fingerprint density at radius 2 is 2.00 bits per heavy atom. The molecule has 0 saturated heterocycles. The number of carbonyl (C=O) groups is 1. The summed E-state index contributed by atoms with van der Waals surface area (Å²) in [5.74, 6) is -0.572. The Hall–Kier alpha value is -1.51. The largest absolute Gasteiger partial charge is 0.383 e. The van der Waals surface area contributed by atoms with Crippen LogP contribution in [0.25, 0.3) is 0 Å². The summed E-state index contributed by atoms with van der Waals surface area (Å²) in [5.41, 5.74) is 0.533. The quantitative estimate of drug-likeness (QED) is 0.679. The van der Waals surface area contributed by atoms with Gasteiger partial charge < -0.3 is 10.1 Å². The van der Waals surface area contributed by atoms with Gasteiger partial charge in [0.05, 0.1) is 12.9 Å². The highest BCUT2D eigenvalue weighted by molar-refractivity contribution is 7.88. The normalized spacial score (nSPS) is 11.7. The summed E-state index contributed by atoms with van der Waals surface area (Å²) in [6.07, 6.45) is 1.53. The lowest BCUT2D eigenvalue weighted by molar-refractivity contribution is -0.121. The van der Waals surface area contributed by atoms with Gasteiger partial charge in [0, 0.05) is 33.2 Å². The van der Waals surface area contributed by atoms with Gasteiger partial charge in [-0.3, -0.25) is 4.79 Å². The van der Waals surface area contributed by atoms with E-state index in [-0.39, 0.29) is 37.8 Å². The van der Waals surface area contributed by atoms with Gasteiger partial charge in [0.15, 0.2) is 0 Å². The third-order valence-corrected chi connectivity index (χ3v) is 4.58. The molecule has 0 fully saturated rings. The van der Waals surface area contributed by atoms with Gasteiger partial charge in [0.1, 0.15) is 5.82 Å². The number of halogens is 1. The highest BCUT2D eigenvalue weighted by Crippen LogP contribution is 2.06. The second-order valence-electron chi connectivity index (χ2n) is 5.10. The zero-order chi connectivity index (χ0) is 17.3. The van der Waals surface area contributed by atoms with Gasteiger partial charge >= 0.3 is 0 Å². The Balaban J connectivity index is 2.36. The van der Waals surface area contributed by atoms with Crippen molar-refractivity contribution < 1.29 is 22.3 Å². The molecule has 0 unspecified atom stereocenters. The minimum Gasteiger partial charge on any atom is -0.383 e. The number of nitrogens with one attached hydrogen (secondary N) is 1. The molecule has 0 saturated carbocycles. The van der Waals surface area contributed by atoms with E-state index in [4.69, 9.17) is 4.74 Å². The molecular weight excluding hydrogens is 323 g/mol. The van der Waals surface area contributed by atoms with Gasteiger partial charge in [-0.2, -0.15) is 4.31 Å². The maximum Gasteiger partial charge on any atom is 0.221 e. The number of benzene rings is 1. The van der Waals surface area contributed by atoms with Crippen molar-refractivity contribution in [3.05, 3.63) is 35.6 Å². The molecule has 0 bridgehead atoms. The lowest BCUT2D eigenvalue weighted by Gasteiger charge is -2.19. The fraction of sp³-hybridized carbons (Fsp3) is 0.533. The smallest absolute Gasteiger partial charge is 0.221 e. The Morgan fingerprint density at radius 1 is 1.30 bits per heavy atom. The summed E-state index contributed by atoms with van der Waals surface area (Å²) in [6.45, 7) is 0.865. The molecule has 23 heavy (non-hydrogen) atoms. The second-order valence-corrected chi connectivity index (χ2v) is 7.08. The summed E-state index contributed by atoms with van der Waals surface area (Å²) in [4.78, 5) is 11.8. The Bertz CT molecular complexity index is 607. The summed E-state index contributed by atoms with van der Waals surface area (Å²) >= 11 is 0. The maximum atomic E-state index is 13.4. The first-order valence-corrected chi connectivity index (χ1v) is 9.13. The molecule has 0 aromatic heterocycles. The molecule has 0 radical (unpaired) electrons. The van der Waals surface area contributed by atoms with Gasteiger partial charge in [-0.25, -0.2) is 12.8 Å². The molecule has 1 N–H and O–H groups in total. The standard InChI is InChI=1S/C15H23FN2O4S/c1-22-12-11-18(23(2,20)21)10-8-15(19)17-9-7-13-5-3-4-6-14(13)16/h3-6H,7-12H2,1-2H3,(H,17,19). The molecule has 1 aromatic carbocycles. The van der Waals surface area contributed by atoms with Crippen LogP contribution in [0.3, 0.4) is 0 Å². The lowest BCUT2D eigenvalue weighted by atomic mass is 10.1. The van der Waals surface area contributed by atoms with Gasteiger partial charge in [-0.15, -0.1) is 0 Å². The molecule has 0 aliphatic carbocycles. The third kappa shape index (κ3) is 7.54. The summed E-state index contributed by atoms with van der Waals surface area (Å²) in [5, 5.41) is 2.66. The molecule has 0 aliphatic heterocycles. The number of ether oxygens (including phenoxy) is 1. The number of methoxy groups -OCH3 is 1. The Morgan fingerprint density at radius 3 is 2.61 bits per heavy atom. The molecule has 0 heterocycles. The average Bonchev–Trinajstić information content (AvgIpc) is 2.48. The van der Waals surface area contributed by atoms with E-state index >= 15 is 0 Å². The SMILES string of the molecule is COCCN(CCC(=O)NCCc1ccccc1F)S(C)(=O)=O. The van der Waals surface area contributed by atoms with Crippen molar-refractivity contribution >= 4 is 15.9 Å². The average molecular weight is 346 g/mol. The van der Waals surface area contributed by atoms with Crippen LogP contribution in [0, 0.1) is 5.82 Å².